The van der Waals surface area contributed by atoms with Gasteiger partial charge in [0.25, 0.3) is 0 Å². The summed E-state index contributed by atoms with van der Waals surface area (Å²) in [5, 5.41) is 0. The standard InChI is InChI=1S/C31H20F9NO/c1-2-3-4-19-7-12-28(41-17-19)21-10-9-20(24(32)14-21)8-5-18-6-11-23(25(33)13-18)31(39,40)42-22-15-26(34)29(27(35)16-22)30(36,37)38/h6-7,9-17H,2-4H2,1H3. The number of unbranched alkanes of at least 4 members (excludes halogenated alkanes) is 1. The molecule has 0 saturated carbocycles. The van der Waals surface area contributed by atoms with Crippen LogP contribution in [0.25, 0.3) is 11.3 Å². The van der Waals surface area contributed by atoms with Crippen LogP contribution in [-0.2, 0) is 18.7 Å². The highest BCUT2D eigenvalue weighted by atomic mass is 19.4. The van der Waals surface area contributed by atoms with E-state index in [1.165, 1.54) is 12.1 Å². The molecule has 2 nitrogen and oxygen atoms in total. The maximum Gasteiger partial charge on any atom is 0.429 e. The second kappa shape index (κ2) is 12.2. The van der Waals surface area contributed by atoms with Gasteiger partial charge in [-0.3, -0.25) is 4.98 Å². The topological polar surface area (TPSA) is 22.1 Å². The average molecular weight is 593 g/mol. The van der Waals surface area contributed by atoms with Gasteiger partial charge < -0.3 is 4.74 Å². The quantitative estimate of drug-likeness (QED) is 0.158. The number of benzene rings is 3. The van der Waals surface area contributed by atoms with Crippen molar-refractivity contribution in [3.05, 3.63) is 118 Å². The largest absolute Gasteiger partial charge is 0.429 e. The summed E-state index contributed by atoms with van der Waals surface area (Å²) in [5.41, 5.74) is -1.71. The number of aromatic nitrogens is 1. The van der Waals surface area contributed by atoms with Gasteiger partial charge in [-0.05, 0) is 54.8 Å². The minimum absolute atomic E-state index is 0.0529. The zero-order valence-corrected chi connectivity index (χ0v) is 21.7. The Bertz CT molecular complexity index is 1630. The number of nitrogens with zero attached hydrogens (tertiary/aromatic N) is 1. The van der Waals surface area contributed by atoms with Crippen LogP contribution in [0.15, 0.2) is 66.9 Å². The monoisotopic (exact) mass is 593 g/mol. The molecule has 3 aromatic carbocycles. The lowest BCUT2D eigenvalue weighted by Gasteiger charge is -2.20. The fraction of sp³-hybridized carbons (Fsp3) is 0.194. The summed E-state index contributed by atoms with van der Waals surface area (Å²) in [6, 6.07) is 9.87. The van der Waals surface area contributed by atoms with Crippen molar-refractivity contribution in [2.75, 3.05) is 0 Å². The second-order valence-electron chi connectivity index (χ2n) is 9.17. The Labute approximate surface area is 234 Å². The first-order chi connectivity index (χ1) is 19.8. The van der Waals surface area contributed by atoms with Gasteiger partial charge in [0.1, 0.15) is 40.1 Å². The molecule has 0 radical (unpaired) electrons. The summed E-state index contributed by atoms with van der Waals surface area (Å²) in [6.07, 6.45) is -5.26. The Balaban J connectivity index is 1.50. The van der Waals surface area contributed by atoms with E-state index < -0.39 is 52.4 Å². The predicted molar refractivity (Wildman–Crippen MR) is 137 cm³/mol. The van der Waals surface area contributed by atoms with E-state index in [-0.39, 0.29) is 23.3 Å². The molecule has 1 heterocycles. The molecule has 0 amide bonds. The molecule has 0 saturated heterocycles. The van der Waals surface area contributed by atoms with Gasteiger partial charge in [0, 0.05) is 29.5 Å². The summed E-state index contributed by atoms with van der Waals surface area (Å²) in [7, 11) is 0. The van der Waals surface area contributed by atoms with E-state index >= 15 is 0 Å². The van der Waals surface area contributed by atoms with Gasteiger partial charge in [-0.15, -0.1) is 0 Å². The van der Waals surface area contributed by atoms with E-state index in [0.29, 0.717) is 23.4 Å². The molecule has 218 valence electrons. The fourth-order valence-corrected chi connectivity index (χ4v) is 3.95. The van der Waals surface area contributed by atoms with Gasteiger partial charge >= 0.3 is 12.3 Å². The van der Waals surface area contributed by atoms with E-state index in [9.17, 15) is 39.5 Å². The zero-order chi connectivity index (χ0) is 30.7. The smallest absolute Gasteiger partial charge is 0.429 e. The average Bonchev–Trinajstić information content (AvgIpc) is 2.90. The minimum Gasteiger partial charge on any atom is -0.429 e. The Morgan fingerprint density at radius 2 is 1.48 bits per heavy atom. The Morgan fingerprint density at radius 1 is 0.762 bits per heavy atom. The van der Waals surface area contributed by atoms with Crippen LogP contribution >= 0.6 is 0 Å². The number of rotatable bonds is 7. The van der Waals surface area contributed by atoms with Crippen molar-refractivity contribution in [3.8, 4) is 28.8 Å². The van der Waals surface area contributed by atoms with Gasteiger partial charge in [0.05, 0.1) is 11.3 Å². The van der Waals surface area contributed by atoms with Crippen LogP contribution in [0.5, 0.6) is 5.75 Å². The van der Waals surface area contributed by atoms with E-state index in [1.54, 1.807) is 18.3 Å². The highest BCUT2D eigenvalue weighted by molar-refractivity contribution is 5.61. The molecule has 0 aliphatic rings. The first-order valence-corrected chi connectivity index (χ1v) is 12.5. The first-order valence-electron chi connectivity index (χ1n) is 12.5. The lowest BCUT2D eigenvalue weighted by Crippen LogP contribution is -2.24. The Morgan fingerprint density at radius 3 is 2.05 bits per heavy atom. The lowest BCUT2D eigenvalue weighted by molar-refractivity contribution is -0.187. The molecule has 0 fully saturated rings. The molecule has 0 bridgehead atoms. The van der Waals surface area contributed by atoms with Gasteiger partial charge in [-0.2, -0.15) is 22.0 Å². The van der Waals surface area contributed by atoms with Crippen molar-refractivity contribution >= 4 is 0 Å². The number of alkyl halides is 5. The van der Waals surface area contributed by atoms with Crippen molar-refractivity contribution in [1.82, 2.24) is 4.98 Å². The third-order valence-corrected chi connectivity index (χ3v) is 6.08. The summed E-state index contributed by atoms with van der Waals surface area (Å²) in [5.74, 6) is -2.95. The molecule has 42 heavy (non-hydrogen) atoms. The van der Waals surface area contributed by atoms with E-state index in [2.05, 4.69) is 28.5 Å². The molecule has 0 spiro atoms. The van der Waals surface area contributed by atoms with Crippen LogP contribution < -0.4 is 4.74 Å². The molecule has 0 N–H and O–H groups in total. The van der Waals surface area contributed by atoms with E-state index in [4.69, 9.17) is 0 Å². The molecule has 11 heteroatoms. The van der Waals surface area contributed by atoms with E-state index in [0.717, 1.165) is 30.9 Å². The molecule has 0 atom stereocenters. The highest BCUT2D eigenvalue weighted by Crippen LogP contribution is 2.38. The highest BCUT2D eigenvalue weighted by Gasteiger charge is 2.41. The molecular formula is C31H20F9NO. The maximum atomic E-state index is 14.7. The van der Waals surface area contributed by atoms with Crippen molar-refractivity contribution in [2.24, 2.45) is 0 Å². The van der Waals surface area contributed by atoms with Gasteiger partial charge in [-0.25, -0.2) is 17.6 Å². The third-order valence-electron chi connectivity index (χ3n) is 6.08. The summed E-state index contributed by atoms with van der Waals surface area (Å²) in [4.78, 5) is 4.35. The van der Waals surface area contributed by atoms with Crippen LogP contribution in [0, 0.1) is 35.1 Å². The lowest BCUT2D eigenvalue weighted by atomic mass is 10.1. The number of hydrogen-bond donors (Lipinski definition) is 0. The SMILES string of the molecule is CCCCc1ccc(-c2ccc(C#Cc3ccc(C(F)(F)Oc4cc(F)c(C(F)(F)F)c(F)c4)c(F)c3)c(F)c2)nc1. The van der Waals surface area contributed by atoms with Crippen molar-refractivity contribution in [1.29, 1.82) is 0 Å². The Kier molecular flexibility index (Phi) is 8.85. The Hall–Kier alpha value is -4.46. The molecule has 1 aromatic heterocycles. The van der Waals surface area contributed by atoms with Crippen molar-refractivity contribution in [3.63, 3.8) is 0 Å². The summed E-state index contributed by atoms with van der Waals surface area (Å²) < 4.78 is 128. The summed E-state index contributed by atoms with van der Waals surface area (Å²) in [6.45, 7) is 2.08. The van der Waals surface area contributed by atoms with Crippen LogP contribution in [0.2, 0.25) is 0 Å². The fourth-order valence-electron chi connectivity index (χ4n) is 3.95. The van der Waals surface area contributed by atoms with Crippen LogP contribution in [0.4, 0.5) is 39.5 Å². The van der Waals surface area contributed by atoms with Crippen LogP contribution in [-0.4, -0.2) is 4.98 Å². The zero-order valence-electron chi connectivity index (χ0n) is 21.7. The summed E-state index contributed by atoms with van der Waals surface area (Å²) >= 11 is 0. The van der Waals surface area contributed by atoms with Crippen LogP contribution in [0.3, 0.4) is 0 Å². The van der Waals surface area contributed by atoms with Gasteiger partial charge in [-0.1, -0.05) is 37.3 Å². The molecule has 0 aliphatic carbocycles. The first kappa shape index (κ1) is 30.5. The van der Waals surface area contributed by atoms with Gasteiger partial charge in [0.15, 0.2) is 0 Å². The number of pyridine rings is 1. The van der Waals surface area contributed by atoms with Crippen LogP contribution in [0.1, 0.15) is 47.6 Å². The number of hydrogen-bond acceptors (Lipinski definition) is 2. The number of ether oxygens (including phenoxy) is 1. The second-order valence-corrected chi connectivity index (χ2v) is 9.17. The molecule has 0 unspecified atom stereocenters. The molecule has 0 aliphatic heterocycles. The molecule has 4 aromatic rings. The van der Waals surface area contributed by atoms with Crippen molar-refractivity contribution in [2.45, 2.75) is 38.5 Å². The third kappa shape index (κ3) is 7.05. The van der Waals surface area contributed by atoms with Gasteiger partial charge in [0.2, 0.25) is 0 Å². The maximum absolute atomic E-state index is 14.7. The number of halogens is 9. The van der Waals surface area contributed by atoms with E-state index in [1.807, 2.05) is 6.07 Å². The van der Waals surface area contributed by atoms with Crippen molar-refractivity contribution < 1.29 is 44.3 Å². The normalized spacial score (nSPS) is 11.7. The molecule has 4 rings (SSSR count). The minimum atomic E-state index is -5.42. The number of aryl methyl sites for hydroxylation is 1. The molecular weight excluding hydrogens is 573 g/mol. The predicted octanol–water partition coefficient (Wildman–Crippen LogP) is 9.19.